The van der Waals surface area contributed by atoms with Gasteiger partial charge in [0.05, 0.1) is 12.5 Å². The van der Waals surface area contributed by atoms with Crippen LogP contribution in [-0.4, -0.2) is 13.1 Å². The van der Waals surface area contributed by atoms with E-state index in [1.165, 1.54) is 34.9 Å². The molecule has 1 atom stereocenters. The van der Waals surface area contributed by atoms with Crippen LogP contribution in [0.25, 0.3) is 0 Å². The van der Waals surface area contributed by atoms with Crippen molar-refractivity contribution in [1.82, 2.24) is 0 Å². The summed E-state index contributed by atoms with van der Waals surface area (Å²) in [6.45, 7) is 12.8. The molecule has 1 aliphatic carbocycles. The maximum absolute atomic E-state index is 12.4. The third-order valence-corrected chi connectivity index (χ3v) is 5.06. The molecule has 0 N–H and O–H groups in total. The van der Waals surface area contributed by atoms with Crippen molar-refractivity contribution in [3.63, 3.8) is 0 Å². The Hall–Kier alpha value is -1.31. The zero-order valence-corrected chi connectivity index (χ0v) is 13.1. The summed E-state index contributed by atoms with van der Waals surface area (Å²) in [7, 11) is 1.49. The summed E-state index contributed by atoms with van der Waals surface area (Å²) >= 11 is 0. The van der Waals surface area contributed by atoms with E-state index in [0.717, 1.165) is 6.42 Å². The van der Waals surface area contributed by atoms with E-state index in [4.69, 9.17) is 4.74 Å². The van der Waals surface area contributed by atoms with Crippen molar-refractivity contribution < 1.29 is 9.53 Å². The number of benzene rings is 1. The third-order valence-electron chi connectivity index (χ3n) is 5.06. The highest BCUT2D eigenvalue weighted by molar-refractivity contribution is 5.90. The SMILES string of the molecule is COC(=O)C1(c2c(C)c(C)cc(C)c2C)CC1(C)C. The minimum atomic E-state index is -0.452. The molecule has 1 aliphatic rings. The number of esters is 1. The van der Waals surface area contributed by atoms with Crippen LogP contribution in [-0.2, 0) is 14.9 Å². The number of aryl methyl sites for hydroxylation is 2. The van der Waals surface area contributed by atoms with Crippen LogP contribution in [0.4, 0.5) is 0 Å². The summed E-state index contributed by atoms with van der Waals surface area (Å²) in [5.74, 6) is -0.0892. The van der Waals surface area contributed by atoms with Crippen molar-refractivity contribution in [3.8, 4) is 0 Å². The van der Waals surface area contributed by atoms with Gasteiger partial charge in [0, 0.05) is 0 Å². The van der Waals surface area contributed by atoms with Gasteiger partial charge in [-0.1, -0.05) is 19.9 Å². The number of carbonyl (C=O) groups excluding carboxylic acids is 1. The number of carbonyl (C=O) groups is 1. The lowest BCUT2D eigenvalue weighted by molar-refractivity contribution is -0.144. The van der Waals surface area contributed by atoms with Crippen molar-refractivity contribution in [1.29, 1.82) is 0 Å². The molecule has 2 nitrogen and oxygen atoms in total. The molecule has 0 saturated heterocycles. The summed E-state index contributed by atoms with van der Waals surface area (Å²) < 4.78 is 5.12. The van der Waals surface area contributed by atoms with E-state index in [1.807, 2.05) is 0 Å². The van der Waals surface area contributed by atoms with Gasteiger partial charge >= 0.3 is 5.97 Å². The molecule has 1 saturated carbocycles. The van der Waals surface area contributed by atoms with Crippen LogP contribution in [0.3, 0.4) is 0 Å². The molecule has 1 unspecified atom stereocenters. The van der Waals surface area contributed by atoms with Gasteiger partial charge in [-0.3, -0.25) is 4.79 Å². The first-order valence-electron chi connectivity index (χ1n) is 6.85. The zero-order chi connectivity index (χ0) is 14.6. The molecule has 1 fully saturated rings. The second-order valence-corrected chi connectivity index (χ2v) is 6.59. The average Bonchev–Trinajstić information content (AvgIpc) is 2.90. The van der Waals surface area contributed by atoms with Gasteiger partial charge in [-0.05, 0) is 67.3 Å². The van der Waals surface area contributed by atoms with E-state index < -0.39 is 5.41 Å². The van der Waals surface area contributed by atoms with Crippen LogP contribution >= 0.6 is 0 Å². The minimum absolute atomic E-state index is 0.0180. The second-order valence-electron chi connectivity index (χ2n) is 6.59. The van der Waals surface area contributed by atoms with Gasteiger partial charge in [-0.15, -0.1) is 0 Å². The third kappa shape index (κ3) is 1.73. The average molecular weight is 260 g/mol. The van der Waals surface area contributed by atoms with E-state index in [2.05, 4.69) is 47.6 Å². The van der Waals surface area contributed by atoms with Crippen LogP contribution in [0.1, 0.15) is 48.1 Å². The lowest BCUT2D eigenvalue weighted by Crippen LogP contribution is -2.29. The first-order chi connectivity index (χ1) is 8.69. The molecule has 0 aromatic heterocycles. The molecule has 0 bridgehead atoms. The highest BCUT2D eigenvalue weighted by Gasteiger charge is 2.69. The quantitative estimate of drug-likeness (QED) is 0.757. The van der Waals surface area contributed by atoms with Crippen LogP contribution in [0, 0.1) is 33.1 Å². The van der Waals surface area contributed by atoms with Crippen LogP contribution in [0.5, 0.6) is 0 Å². The Morgan fingerprint density at radius 3 is 1.84 bits per heavy atom. The van der Waals surface area contributed by atoms with Crippen LogP contribution in [0.15, 0.2) is 6.07 Å². The largest absolute Gasteiger partial charge is 0.468 e. The monoisotopic (exact) mass is 260 g/mol. The van der Waals surface area contributed by atoms with Crippen molar-refractivity contribution >= 4 is 5.97 Å². The van der Waals surface area contributed by atoms with Crippen molar-refractivity contribution in [3.05, 3.63) is 33.9 Å². The van der Waals surface area contributed by atoms with Gasteiger partial charge in [0.2, 0.25) is 0 Å². The molecule has 0 aliphatic heterocycles. The van der Waals surface area contributed by atoms with E-state index in [9.17, 15) is 4.79 Å². The number of hydrogen-bond acceptors (Lipinski definition) is 2. The summed E-state index contributed by atoms with van der Waals surface area (Å²) in [6, 6.07) is 2.20. The van der Waals surface area contributed by atoms with Gasteiger partial charge in [-0.25, -0.2) is 0 Å². The molecular formula is C17H24O2. The lowest BCUT2D eigenvalue weighted by Gasteiger charge is -2.25. The molecule has 1 aromatic carbocycles. The number of rotatable bonds is 2. The lowest BCUT2D eigenvalue weighted by atomic mass is 9.80. The molecule has 0 radical (unpaired) electrons. The second kappa shape index (κ2) is 4.09. The Kier molecular flexibility index (Phi) is 3.04. The summed E-state index contributed by atoms with van der Waals surface area (Å²) in [5, 5.41) is 0. The van der Waals surface area contributed by atoms with Gasteiger partial charge < -0.3 is 4.74 Å². The number of hydrogen-bond donors (Lipinski definition) is 0. The molecule has 2 heteroatoms. The molecular weight excluding hydrogens is 236 g/mol. The molecule has 1 aromatic rings. The Morgan fingerprint density at radius 1 is 1.11 bits per heavy atom. The van der Waals surface area contributed by atoms with Crippen molar-refractivity contribution in [2.75, 3.05) is 7.11 Å². The Balaban J connectivity index is 2.74. The van der Waals surface area contributed by atoms with E-state index in [0.29, 0.717) is 0 Å². The molecule has 104 valence electrons. The van der Waals surface area contributed by atoms with Crippen LogP contribution < -0.4 is 0 Å². The standard InChI is InChI=1S/C17H24O2/c1-10-8-11(2)13(4)14(12(10)3)17(15(18)19-7)9-16(17,5)6/h8H,9H2,1-7H3. The molecule has 0 amide bonds. The molecule has 0 spiro atoms. The number of ether oxygens (including phenoxy) is 1. The first-order valence-corrected chi connectivity index (χ1v) is 6.85. The normalized spacial score (nSPS) is 24.2. The Morgan fingerprint density at radius 2 is 1.53 bits per heavy atom. The van der Waals surface area contributed by atoms with Gasteiger partial charge in [0.1, 0.15) is 0 Å². The maximum Gasteiger partial charge on any atom is 0.316 e. The van der Waals surface area contributed by atoms with Crippen molar-refractivity contribution in [2.24, 2.45) is 5.41 Å². The summed E-state index contributed by atoms with van der Waals surface area (Å²) in [6.07, 6.45) is 0.872. The fourth-order valence-electron chi connectivity index (χ4n) is 3.53. The predicted molar refractivity (Wildman–Crippen MR) is 77.5 cm³/mol. The summed E-state index contributed by atoms with van der Waals surface area (Å²) in [5.41, 5.74) is 5.70. The maximum atomic E-state index is 12.4. The summed E-state index contributed by atoms with van der Waals surface area (Å²) in [4.78, 5) is 12.4. The Labute approximate surface area is 116 Å². The van der Waals surface area contributed by atoms with E-state index in [-0.39, 0.29) is 11.4 Å². The first kappa shape index (κ1) is 14.1. The molecule has 2 rings (SSSR count). The Bertz CT molecular complexity index is 529. The molecule has 19 heavy (non-hydrogen) atoms. The smallest absolute Gasteiger partial charge is 0.316 e. The predicted octanol–water partition coefficient (Wildman–Crippen LogP) is 3.76. The van der Waals surface area contributed by atoms with E-state index in [1.54, 1.807) is 0 Å². The fourth-order valence-corrected chi connectivity index (χ4v) is 3.53. The minimum Gasteiger partial charge on any atom is -0.468 e. The topological polar surface area (TPSA) is 26.3 Å². The van der Waals surface area contributed by atoms with Gasteiger partial charge in [0.15, 0.2) is 0 Å². The molecule has 0 heterocycles. The van der Waals surface area contributed by atoms with E-state index >= 15 is 0 Å². The number of methoxy groups -OCH3 is 1. The van der Waals surface area contributed by atoms with Crippen molar-refractivity contribution in [2.45, 2.75) is 53.4 Å². The fraction of sp³-hybridized carbons (Fsp3) is 0.588. The van der Waals surface area contributed by atoms with Gasteiger partial charge in [0.25, 0.3) is 0 Å². The zero-order valence-electron chi connectivity index (χ0n) is 13.1. The van der Waals surface area contributed by atoms with Gasteiger partial charge in [-0.2, -0.15) is 0 Å². The highest BCUT2D eigenvalue weighted by atomic mass is 16.5. The van der Waals surface area contributed by atoms with Crippen LogP contribution in [0.2, 0.25) is 0 Å². The highest BCUT2D eigenvalue weighted by Crippen LogP contribution is 2.66.